The number of hydrogen-bond donors (Lipinski definition) is 0. The van der Waals surface area contributed by atoms with E-state index in [4.69, 9.17) is 9.72 Å². The fourth-order valence-electron chi connectivity index (χ4n) is 6.42. The summed E-state index contributed by atoms with van der Waals surface area (Å²) >= 11 is 0. The van der Waals surface area contributed by atoms with Crippen molar-refractivity contribution in [1.29, 1.82) is 0 Å². The minimum atomic E-state index is 0. The molecule has 7 nitrogen and oxygen atoms in total. The summed E-state index contributed by atoms with van der Waals surface area (Å²) in [6.07, 6.45) is 10.9. The first-order valence-electron chi connectivity index (χ1n) is 14.0. The minimum Gasteiger partial charge on any atom is -0.497 e. The molecule has 0 unspecified atom stereocenters. The molecule has 0 saturated carbocycles. The van der Waals surface area contributed by atoms with Crippen molar-refractivity contribution in [2.24, 2.45) is 0 Å². The van der Waals surface area contributed by atoms with Crippen molar-refractivity contribution in [3.63, 3.8) is 0 Å². The van der Waals surface area contributed by atoms with Gasteiger partial charge in [0.2, 0.25) is 0 Å². The van der Waals surface area contributed by atoms with Crippen molar-refractivity contribution in [2.45, 2.75) is 13.8 Å². The Morgan fingerprint density at radius 1 is 0.659 bits per heavy atom. The fraction of sp³-hybridized carbons (Fsp3) is 0.0556. The van der Waals surface area contributed by atoms with E-state index in [1.807, 2.05) is 47.4 Å². The van der Waals surface area contributed by atoms with Gasteiger partial charge in [-0.3, -0.25) is 9.97 Å². The molecule has 0 aliphatic heterocycles. The summed E-state index contributed by atoms with van der Waals surface area (Å²) in [4.78, 5) is 18.0. The largest absolute Gasteiger partial charge is 2.00 e. The Hall–Kier alpha value is -5.13. The molecule has 0 bridgehead atoms. The van der Waals surface area contributed by atoms with E-state index >= 15 is 0 Å². The Bertz CT molecular complexity index is 2570. The maximum absolute atomic E-state index is 6.38. The van der Waals surface area contributed by atoms with E-state index in [1.54, 1.807) is 12.5 Å². The van der Waals surface area contributed by atoms with Crippen LogP contribution in [-0.2, 0) is 21.1 Å². The summed E-state index contributed by atoms with van der Waals surface area (Å²) in [6, 6.07) is 28.1. The predicted octanol–water partition coefficient (Wildman–Crippen LogP) is 8.06. The standard InChI is InChI=1S/C36H22N6O.Pt/c1-21-4-3-5-22(2)33(21)23-6-11-32-28(16-23)26-9-7-24(17-29(26)34-38-12-14-41(32)34)43-25-8-10-27-30(18-25)35-39-13-15-42(35)36-31(27)19-37-20-40-36;/h3-16,19-20H,1-2H3;/q-2;+2. The van der Waals surface area contributed by atoms with Gasteiger partial charge < -0.3 is 13.5 Å². The number of benzene rings is 4. The predicted molar refractivity (Wildman–Crippen MR) is 169 cm³/mol. The zero-order chi connectivity index (χ0) is 28.7. The number of fused-ring (bicyclic) bond motifs is 12. The molecule has 0 aliphatic rings. The topological polar surface area (TPSA) is 69.6 Å². The van der Waals surface area contributed by atoms with E-state index in [9.17, 15) is 0 Å². The molecule has 0 atom stereocenters. The first-order valence-corrected chi connectivity index (χ1v) is 14.0. The number of nitrogens with zero attached hydrogens (tertiary/aromatic N) is 6. The van der Waals surface area contributed by atoms with Gasteiger partial charge in [0, 0.05) is 53.4 Å². The van der Waals surface area contributed by atoms with Crippen LogP contribution in [-0.4, -0.2) is 28.7 Å². The van der Waals surface area contributed by atoms with Crippen LogP contribution in [0.5, 0.6) is 11.5 Å². The molecule has 8 heteroatoms. The monoisotopic (exact) mass is 749 g/mol. The van der Waals surface area contributed by atoms with Crippen LogP contribution in [0.1, 0.15) is 11.1 Å². The van der Waals surface area contributed by atoms with E-state index in [0.29, 0.717) is 11.5 Å². The van der Waals surface area contributed by atoms with Gasteiger partial charge in [-0.25, -0.2) is 9.97 Å². The molecule has 4 aromatic carbocycles. The SMILES string of the molecule is Cc1cccc(C)c1-c1ccc2c(c1)c1ccc(Oc3[c-]c4c(cc3)c3cncnc3n3ccnc43)[c-]c1c1nccn21.[Pt+2]. The molecule has 9 aromatic rings. The zero-order valence-electron chi connectivity index (χ0n) is 23.6. The summed E-state index contributed by atoms with van der Waals surface area (Å²) in [5.41, 5.74) is 8.48. The van der Waals surface area contributed by atoms with Crippen molar-refractivity contribution < 1.29 is 25.8 Å². The Morgan fingerprint density at radius 2 is 1.32 bits per heavy atom. The third kappa shape index (κ3) is 3.86. The Balaban J connectivity index is 0.00000289. The number of aryl methyl sites for hydroxylation is 2. The van der Waals surface area contributed by atoms with Crippen molar-refractivity contribution in [3.8, 4) is 22.6 Å². The number of rotatable bonds is 3. The normalized spacial score (nSPS) is 11.7. The maximum atomic E-state index is 6.38. The second kappa shape index (κ2) is 9.97. The van der Waals surface area contributed by atoms with Gasteiger partial charge in [-0.1, -0.05) is 76.1 Å². The first kappa shape index (κ1) is 26.5. The van der Waals surface area contributed by atoms with Crippen LogP contribution in [0.4, 0.5) is 0 Å². The molecule has 0 spiro atoms. The molecule has 212 valence electrons. The van der Waals surface area contributed by atoms with E-state index in [2.05, 4.69) is 87.8 Å². The maximum Gasteiger partial charge on any atom is 2.00 e. The van der Waals surface area contributed by atoms with E-state index in [0.717, 1.165) is 54.8 Å². The van der Waals surface area contributed by atoms with Gasteiger partial charge in [0.25, 0.3) is 0 Å². The molecule has 9 rings (SSSR count). The summed E-state index contributed by atoms with van der Waals surface area (Å²) in [7, 11) is 0. The summed E-state index contributed by atoms with van der Waals surface area (Å²) in [5, 5.41) is 5.84. The number of aromatic nitrogens is 6. The molecule has 0 N–H and O–H groups in total. The van der Waals surface area contributed by atoms with Gasteiger partial charge in [-0.15, -0.1) is 12.1 Å². The van der Waals surface area contributed by atoms with Crippen LogP contribution in [0.15, 0.2) is 98.0 Å². The molecule has 5 aromatic heterocycles. The van der Waals surface area contributed by atoms with Crippen molar-refractivity contribution in [2.75, 3.05) is 0 Å². The van der Waals surface area contributed by atoms with Crippen LogP contribution in [0, 0.1) is 26.0 Å². The molecule has 5 heterocycles. The number of pyridine rings is 2. The Kier molecular flexibility index (Phi) is 6.00. The van der Waals surface area contributed by atoms with Gasteiger partial charge >= 0.3 is 21.1 Å². The van der Waals surface area contributed by atoms with Crippen LogP contribution < -0.4 is 4.74 Å². The number of hydrogen-bond acceptors (Lipinski definition) is 5. The van der Waals surface area contributed by atoms with Crippen LogP contribution in [0.25, 0.3) is 65.9 Å². The molecule has 44 heavy (non-hydrogen) atoms. The van der Waals surface area contributed by atoms with E-state index < -0.39 is 0 Å². The quantitative estimate of drug-likeness (QED) is 0.135. The number of ether oxygens (including phenoxy) is 1. The molecular weight excluding hydrogens is 728 g/mol. The van der Waals surface area contributed by atoms with Gasteiger partial charge in [0.05, 0.1) is 11.3 Å². The van der Waals surface area contributed by atoms with Crippen LogP contribution >= 0.6 is 0 Å². The van der Waals surface area contributed by atoms with E-state index in [-0.39, 0.29) is 21.1 Å². The Morgan fingerprint density at radius 3 is 2.05 bits per heavy atom. The zero-order valence-corrected chi connectivity index (χ0v) is 25.9. The number of imidazole rings is 2. The van der Waals surface area contributed by atoms with Gasteiger partial charge in [-0.05, 0) is 47.6 Å². The Labute approximate surface area is 266 Å². The third-order valence-electron chi connectivity index (χ3n) is 8.31. The average molecular weight is 750 g/mol. The fourth-order valence-corrected chi connectivity index (χ4v) is 6.42. The third-order valence-corrected chi connectivity index (χ3v) is 8.31. The second-order valence-electron chi connectivity index (χ2n) is 10.8. The molecular formula is C36H22N6OPt. The summed E-state index contributed by atoms with van der Waals surface area (Å²) < 4.78 is 10.5. The summed E-state index contributed by atoms with van der Waals surface area (Å²) in [5.74, 6) is 1.16. The molecule has 0 aliphatic carbocycles. The molecule has 0 radical (unpaired) electrons. The van der Waals surface area contributed by atoms with Crippen molar-refractivity contribution in [1.82, 2.24) is 28.7 Å². The minimum absolute atomic E-state index is 0. The molecule has 0 amide bonds. The molecule has 0 fully saturated rings. The van der Waals surface area contributed by atoms with Crippen molar-refractivity contribution >= 4 is 54.8 Å². The van der Waals surface area contributed by atoms with Gasteiger partial charge in [0.15, 0.2) is 0 Å². The first-order chi connectivity index (χ1) is 21.1. The van der Waals surface area contributed by atoms with Crippen LogP contribution in [0.2, 0.25) is 0 Å². The van der Waals surface area contributed by atoms with Crippen LogP contribution in [0.3, 0.4) is 0 Å². The average Bonchev–Trinajstić information content (AvgIpc) is 3.72. The summed E-state index contributed by atoms with van der Waals surface area (Å²) in [6.45, 7) is 4.33. The van der Waals surface area contributed by atoms with Gasteiger partial charge in [0.1, 0.15) is 12.0 Å². The van der Waals surface area contributed by atoms with Crippen molar-refractivity contribution in [3.05, 3.63) is 121 Å². The van der Waals surface area contributed by atoms with Gasteiger partial charge in [-0.2, -0.15) is 0 Å². The smallest absolute Gasteiger partial charge is 0.497 e. The second-order valence-corrected chi connectivity index (χ2v) is 10.8. The van der Waals surface area contributed by atoms with E-state index in [1.165, 1.54) is 22.3 Å². The molecule has 0 saturated heterocycles.